The highest BCUT2D eigenvalue weighted by Crippen LogP contribution is 2.23. The Balaban J connectivity index is 2.15. The molecule has 2 rings (SSSR count). The Kier molecular flexibility index (Phi) is 5.22. The van der Waals surface area contributed by atoms with Gasteiger partial charge in [0.05, 0.1) is 6.20 Å². The summed E-state index contributed by atoms with van der Waals surface area (Å²) in [7, 11) is 1.96. The average molecular weight is 350 g/mol. The van der Waals surface area contributed by atoms with E-state index >= 15 is 0 Å². The lowest BCUT2D eigenvalue weighted by atomic mass is 9.92. The summed E-state index contributed by atoms with van der Waals surface area (Å²) in [5, 5.41) is 7.90. The topological polar surface area (TPSA) is 29.9 Å². The predicted molar refractivity (Wildman–Crippen MR) is 91.6 cm³/mol. The van der Waals surface area contributed by atoms with Crippen LogP contribution in [0.5, 0.6) is 0 Å². The van der Waals surface area contributed by atoms with Gasteiger partial charge in [0.2, 0.25) is 0 Å². The third kappa shape index (κ3) is 5.29. The van der Waals surface area contributed by atoms with Crippen LogP contribution in [0, 0.1) is 0 Å². The van der Waals surface area contributed by atoms with Crippen molar-refractivity contribution in [3.63, 3.8) is 0 Å². The second kappa shape index (κ2) is 6.75. The molecule has 1 aromatic heterocycles. The number of halogens is 1. The Morgan fingerprint density at radius 3 is 2.43 bits per heavy atom. The van der Waals surface area contributed by atoms with Crippen molar-refractivity contribution in [3.05, 3.63) is 52.3 Å². The van der Waals surface area contributed by atoms with Crippen molar-refractivity contribution in [1.82, 2.24) is 15.1 Å². The zero-order chi connectivity index (χ0) is 15.5. The zero-order valence-electron chi connectivity index (χ0n) is 13.2. The quantitative estimate of drug-likeness (QED) is 0.886. The molecular weight excluding hydrogens is 326 g/mol. The number of hydrogen-bond acceptors (Lipinski definition) is 2. The van der Waals surface area contributed by atoms with E-state index in [9.17, 15) is 0 Å². The van der Waals surface area contributed by atoms with Crippen LogP contribution in [0.25, 0.3) is 0 Å². The largest absolute Gasteiger partial charge is 0.311 e. The van der Waals surface area contributed by atoms with E-state index in [2.05, 4.69) is 77.6 Å². The predicted octanol–water partition coefficient (Wildman–Crippen LogP) is 3.90. The molecule has 0 aliphatic rings. The van der Waals surface area contributed by atoms with Gasteiger partial charge in [-0.3, -0.25) is 4.68 Å². The van der Waals surface area contributed by atoms with Gasteiger partial charge in [0, 0.05) is 35.7 Å². The number of nitrogens with one attached hydrogen (secondary N) is 1. The Morgan fingerprint density at radius 2 is 1.90 bits per heavy atom. The first-order valence-electron chi connectivity index (χ1n) is 7.31. The van der Waals surface area contributed by atoms with Crippen LogP contribution in [-0.4, -0.2) is 21.9 Å². The second-order valence-corrected chi connectivity index (χ2v) is 7.52. The summed E-state index contributed by atoms with van der Waals surface area (Å²) < 4.78 is 2.99. The molecule has 0 amide bonds. The number of aryl methyl sites for hydroxylation is 1. The lowest BCUT2D eigenvalue weighted by Crippen LogP contribution is -2.39. The highest BCUT2D eigenvalue weighted by molar-refractivity contribution is 9.10. The number of rotatable bonds is 5. The van der Waals surface area contributed by atoms with Crippen molar-refractivity contribution < 1.29 is 0 Å². The summed E-state index contributed by atoms with van der Waals surface area (Å²) in [6, 6.07) is 8.64. The molecule has 0 aliphatic heterocycles. The molecule has 0 saturated carbocycles. The lowest BCUT2D eigenvalue weighted by Gasteiger charge is -2.25. The molecule has 0 radical (unpaired) electrons. The van der Waals surface area contributed by atoms with Crippen LogP contribution in [0.3, 0.4) is 0 Å². The number of nitrogens with zero attached hydrogens (tertiary/aromatic N) is 2. The van der Waals surface area contributed by atoms with Crippen LogP contribution in [0.2, 0.25) is 0 Å². The summed E-state index contributed by atoms with van der Waals surface area (Å²) in [5.74, 6) is 0.446. The Hall–Kier alpha value is -1.13. The SMILES string of the molecule is Cn1cc(CC(CNC(C)(C)C)c2ccc(Br)cc2)cn1. The van der Waals surface area contributed by atoms with Gasteiger partial charge in [0.15, 0.2) is 0 Å². The minimum Gasteiger partial charge on any atom is -0.311 e. The van der Waals surface area contributed by atoms with Gasteiger partial charge in [-0.2, -0.15) is 5.10 Å². The van der Waals surface area contributed by atoms with E-state index in [1.54, 1.807) is 0 Å². The van der Waals surface area contributed by atoms with Crippen molar-refractivity contribution >= 4 is 15.9 Å². The van der Waals surface area contributed by atoms with Crippen LogP contribution in [0.15, 0.2) is 41.1 Å². The third-order valence-corrected chi connectivity index (χ3v) is 3.99. The molecule has 1 unspecified atom stereocenters. The van der Waals surface area contributed by atoms with Crippen molar-refractivity contribution in [1.29, 1.82) is 0 Å². The lowest BCUT2D eigenvalue weighted by molar-refractivity contribution is 0.405. The molecule has 1 aromatic carbocycles. The summed E-state index contributed by atoms with van der Waals surface area (Å²) in [5.41, 5.74) is 2.77. The molecule has 1 heterocycles. The fourth-order valence-corrected chi connectivity index (χ4v) is 2.60. The first-order valence-corrected chi connectivity index (χ1v) is 8.11. The molecule has 0 bridgehead atoms. The zero-order valence-corrected chi connectivity index (χ0v) is 14.8. The third-order valence-electron chi connectivity index (χ3n) is 3.46. The molecule has 0 saturated heterocycles. The van der Waals surface area contributed by atoms with Gasteiger partial charge in [-0.25, -0.2) is 0 Å². The fourth-order valence-electron chi connectivity index (χ4n) is 2.33. The molecular formula is C17H24BrN3. The van der Waals surface area contributed by atoms with Gasteiger partial charge in [-0.15, -0.1) is 0 Å². The van der Waals surface area contributed by atoms with Crippen molar-refractivity contribution in [3.8, 4) is 0 Å². The summed E-state index contributed by atoms with van der Waals surface area (Å²) in [4.78, 5) is 0. The molecule has 0 fully saturated rings. The maximum Gasteiger partial charge on any atom is 0.0521 e. The van der Waals surface area contributed by atoms with E-state index < -0.39 is 0 Å². The van der Waals surface area contributed by atoms with E-state index in [1.165, 1.54) is 11.1 Å². The fraction of sp³-hybridized carbons (Fsp3) is 0.471. The molecule has 2 aromatic rings. The summed E-state index contributed by atoms with van der Waals surface area (Å²) in [6.07, 6.45) is 5.06. The standard InChI is InChI=1S/C17H24BrN3/c1-17(2,3)19-11-15(9-13-10-20-21(4)12-13)14-5-7-16(18)8-6-14/h5-8,10,12,15,19H,9,11H2,1-4H3. The van der Waals surface area contributed by atoms with Crippen LogP contribution in [0.1, 0.15) is 37.8 Å². The van der Waals surface area contributed by atoms with Crippen molar-refractivity contribution in [2.45, 2.75) is 38.6 Å². The number of hydrogen-bond donors (Lipinski definition) is 1. The molecule has 1 atom stereocenters. The van der Waals surface area contributed by atoms with Gasteiger partial charge in [-0.05, 0) is 50.5 Å². The Bertz CT molecular complexity index is 566. The number of aromatic nitrogens is 2. The first-order chi connectivity index (χ1) is 9.83. The number of benzene rings is 1. The van der Waals surface area contributed by atoms with Gasteiger partial charge in [0.1, 0.15) is 0 Å². The maximum absolute atomic E-state index is 4.28. The average Bonchev–Trinajstić information content (AvgIpc) is 2.80. The second-order valence-electron chi connectivity index (χ2n) is 6.61. The molecule has 1 N–H and O–H groups in total. The first kappa shape index (κ1) is 16.2. The van der Waals surface area contributed by atoms with E-state index in [0.717, 1.165) is 17.4 Å². The highest BCUT2D eigenvalue weighted by atomic mass is 79.9. The Morgan fingerprint density at radius 1 is 1.24 bits per heavy atom. The normalized spacial score (nSPS) is 13.4. The highest BCUT2D eigenvalue weighted by Gasteiger charge is 2.17. The molecule has 4 heteroatoms. The molecule has 0 spiro atoms. The van der Waals surface area contributed by atoms with Gasteiger partial charge < -0.3 is 5.32 Å². The minimum absolute atomic E-state index is 0.128. The van der Waals surface area contributed by atoms with Crippen LogP contribution < -0.4 is 5.32 Å². The molecule has 21 heavy (non-hydrogen) atoms. The van der Waals surface area contributed by atoms with Gasteiger partial charge in [-0.1, -0.05) is 28.1 Å². The molecule has 0 aliphatic carbocycles. The Labute approximate surface area is 135 Å². The van der Waals surface area contributed by atoms with Crippen molar-refractivity contribution in [2.24, 2.45) is 7.05 Å². The molecule has 3 nitrogen and oxygen atoms in total. The van der Waals surface area contributed by atoms with Crippen LogP contribution in [0.4, 0.5) is 0 Å². The smallest absolute Gasteiger partial charge is 0.0521 e. The minimum atomic E-state index is 0.128. The van der Waals surface area contributed by atoms with E-state index in [4.69, 9.17) is 0 Å². The van der Waals surface area contributed by atoms with Gasteiger partial charge in [0.25, 0.3) is 0 Å². The van der Waals surface area contributed by atoms with Gasteiger partial charge >= 0.3 is 0 Å². The van der Waals surface area contributed by atoms with E-state index in [0.29, 0.717) is 5.92 Å². The monoisotopic (exact) mass is 349 g/mol. The summed E-state index contributed by atoms with van der Waals surface area (Å²) >= 11 is 3.51. The van der Waals surface area contributed by atoms with Crippen LogP contribution >= 0.6 is 15.9 Å². The van der Waals surface area contributed by atoms with Crippen LogP contribution in [-0.2, 0) is 13.5 Å². The van der Waals surface area contributed by atoms with Crippen molar-refractivity contribution in [2.75, 3.05) is 6.54 Å². The maximum atomic E-state index is 4.28. The van der Waals surface area contributed by atoms with E-state index in [1.807, 2.05) is 17.9 Å². The van der Waals surface area contributed by atoms with E-state index in [-0.39, 0.29) is 5.54 Å². The molecule has 114 valence electrons. The summed E-state index contributed by atoms with van der Waals surface area (Å²) in [6.45, 7) is 7.57.